The maximum atomic E-state index is 12.5. The largest absolute Gasteiger partial charge is 0.495 e. The summed E-state index contributed by atoms with van der Waals surface area (Å²) in [6, 6.07) is 13.3. The van der Waals surface area contributed by atoms with Crippen molar-refractivity contribution in [2.75, 3.05) is 12.4 Å². The standard InChI is InChI=1S/C17H16N2O2/c1-11-6-7-14(15(10-11)21-2)19-17(20)13-5-3-4-12-8-9-18-16(12)13/h3-10,18H,1-2H3,(H,19,20). The molecule has 0 spiro atoms. The van der Waals surface area contributed by atoms with Crippen molar-refractivity contribution in [3.05, 3.63) is 59.8 Å². The summed E-state index contributed by atoms with van der Waals surface area (Å²) in [5, 5.41) is 3.92. The SMILES string of the molecule is COc1cc(C)ccc1NC(=O)c1cccc2cc[nH]c12. The quantitative estimate of drug-likeness (QED) is 0.768. The number of hydrogen-bond acceptors (Lipinski definition) is 2. The van der Waals surface area contributed by atoms with Crippen LogP contribution < -0.4 is 10.1 Å². The van der Waals surface area contributed by atoms with Gasteiger partial charge in [0.1, 0.15) is 5.75 Å². The molecule has 4 heteroatoms. The Hall–Kier alpha value is -2.75. The highest BCUT2D eigenvalue weighted by molar-refractivity contribution is 6.12. The molecule has 0 radical (unpaired) electrons. The minimum atomic E-state index is -0.162. The Morgan fingerprint density at radius 1 is 1.19 bits per heavy atom. The average molecular weight is 280 g/mol. The zero-order valence-electron chi connectivity index (χ0n) is 11.9. The lowest BCUT2D eigenvalue weighted by Gasteiger charge is -2.11. The molecule has 0 saturated heterocycles. The van der Waals surface area contributed by atoms with Gasteiger partial charge in [-0.15, -0.1) is 0 Å². The molecule has 3 rings (SSSR count). The summed E-state index contributed by atoms with van der Waals surface area (Å²) < 4.78 is 5.31. The molecule has 0 aliphatic heterocycles. The topological polar surface area (TPSA) is 54.1 Å². The van der Waals surface area contributed by atoms with Gasteiger partial charge in [0.15, 0.2) is 0 Å². The molecule has 0 unspecified atom stereocenters. The summed E-state index contributed by atoms with van der Waals surface area (Å²) in [5.74, 6) is 0.493. The van der Waals surface area contributed by atoms with Gasteiger partial charge in [0, 0.05) is 11.6 Å². The number of rotatable bonds is 3. The third kappa shape index (κ3) is 2.48. The molecule has 2 aromatic carbocycles. The number of benzene rings is 2. The van der Waals surface area contributed by atoms with Crippen molar-refractivity contribution in [1.82, 2.24) is 4.98 Å². The number of hydrogen-bond donors (Lipinski definition) is 2. The second-order valence-corrected chi connectivity index (χ2v) is 4.91. The maximum Gasteiger partial charge on any atom is 0.257 e. The van der Waals surface area contributed by atoms with Crippen LogP contribution in [0.5, 0.6) is 5.75 Å². The van der Waals surface area contributed by atoms with Gasteiger partial charge in [-0.3, -0.25) is 4.79 Å². The van der Waals surface area contributed by atoms with E-state index in [1.54, 1.807) is 13.2 Å². The molecular weight excluding hydrogens is 264 g/mol. The fourth-order valence-electron chi connectivity index (χ4n) is 2.37. The van der Waals surface area contributed by atoms with E-state index in [4.69, 9.17) is 4.74 Å². The fraction of sp³-hybridized carbons (Fsp3) is 0.118. The molecule has 0 aliphatic carbocycles. The lowest BCUT2D eigenvalue weighted by molar-refractivity contribution is 0.102. The van der Waals surface area contributed by atoms with E-state index in [1.807, 2.05) is 49.5 Å². The van der Waals surface area contributed by atoms with Gasteiger partial charge in [0.2, 0.25) is 0 Å². The van der Waals surface area contributed by atoms with Crippen LogP contribution in [0.15, 0.2) is 48.7 Å². The number of H-pyrrole nitrogens is 1. The monoisotopic (exact) mass is 280 g/mol. The molecule has 4 nitrogen and oxygen atoms in total. The zero-order valence-corrected chi connectivity index (χ0v) is 11.9. The lowest BCUT2D eigenvalue weighted by Crippen LogP contribution is -2.13. The molecule has 106 valence electrons. The first kappa shape index (κ1) is 13.2. The van der Waals surface area contributed by atoms with E-state index < -0.39 is 0 Å². The number of carbonyl (C=O) groups is 1. The van der Waals surface area contributed by atoms with Gasteiger partial charge < -0.3 is 15.0 Å². The number of nitrogens with one attached hydrogen (secondary N) is 2. The number of aryl methyl sites for hydroxylation is 1. The van der Waals surface area contributed by atoms with Gasteiger partial charge in [-0.25, -0.2) is 0 Å². The van der Waals surface area contributed by atoms with Gasteiger partial charge in [0.25, 0.3) is 5.91 Å². The van der Waals surface area contributed by atoms with Crippen LogP contribution in [-0.2, 0) is 0 Å². The van der Waals surface area contributed by atoms with Crippen molar-refractivity contribution in [1.29, 1.82) is 0 Å². The third-order valence-electron chi connectivity index (χ3n) is 3.44. The van der Waals surface area contributed by atoms with Crippen LogP contribution in [0.4, 0.5) is 5.69 Å². The minimum Gasteiger partial charge on any atom is -0.495 e. The summed E-state index contributed by atoms with van der Waals surface area (Å²) >= 11 is 0. The molecule has 0 fully saturated rings. The van der Waals surface area contributed by atoms with E-state index in [-0.39, 0.29) is 5.91 Å². The van der Waals surface area contributed by atoms with Crippen molar-refractivity contribution in [2.45, 2.75) is 6.92 Å². The zero-order chi connectivity index (χ0) is 14.8. The Bertz CT molecular complexity index is 805. The van der Waals surface area contributed by atoms with E-state index >= 15 is 0 Å². The predicted molar refractivity (Wildman–Crippen MR) is 84.0 cm³/mol. The normalized spacial score (nSPS) is 10.6. The first-order valence-corrected chi connectivity index (χ1v) is 6.71. The number of carbonyl (C=O) groups excluding carboxylic acids is 1. The second kappa shape index (κ2) is 5.32. The molecule has 21 heavy (non-hydrogen) atoms. The van der Waals surface area contributed by atoms with Crippen LogP contribution in [0, 0.1) is 6.92 Å². The van der Waals surface area contributed by atoms with Crippen LogP contribution in [0.2, 0.25) is 0 Å². The molecule has 1 amide bonds. The fourth-order valence-corrected chi connectivity index (χ4v) is 2.37. The molecule has 0 saturated carbocycles. The van der Waals surface area contributed by atoms with Crippen molar-refractivity contribution >= 4 is 22.5 Å². The molecular formula is C17H16N2O2. The number of fused-ring (bicyclic) bond motifs is 1. The number of aromatic nitrogens is 1. The molecule has 0 aliphatic rings. The van der Waals surface area contributed by atoms with E-state index in [0.717, 1.165) is 16.5 Å². The minimum absolute atomic E-state index is 0.162. The van der Waals surface area contributed by atoms with Crippen molar-refractivity contribution in [3.63, 3.8) is 0 Å². The van der Waals surface area contributed by atoms with Gasteiger partial charge >= 0.3 is 0 Å². The van der Waals surface area contributed by atoms with Crippen LogP contribution in [0.25, 0.3) is 10.9 Å². The van der Waals surface area contributed by atoms with Crippen LogP contribution >= 0.6 is 0 Å². The van der Waals surface area contributed by atoms with Gasteiger partial charge in [-0.1, -0.05) is 18.2 Å². The Kier molecular flexibility index (Phi) is 3.36. The first-order chi connectivity index (χ1) is 10.2. The average Bonchev–Trinajstić information content (AvgIpc) is 2.97. The second-order valence-electron chi connectivity index (χ2n) is 4.91. The summed E-state index contributed by atoms with van der Waals surface area (Å²) in [4.78, 5) is 15.6. The number of ether oxygens (including phenoxy) is 1. The highest BCUT2D eigenvalue weighted by Crippen LogP contribution is 2.26. The molecule has 3 aromatic rings. The van der Waals surface area contributed by atoms with Crippen molar-refractivity contribution in [3.8, 4) is 5.75 Å². The molecule has 0 bridgehead atoms. The van der Waals surface area contributed by atoms with E-state index in [1.165, 1.54) is 0 Å². The lowest BCUT2D eigenvalue weighted by atomic mass is 10.1. The van der Waals surface area contributed by atoms with Gasteiger partial charge in [-0.2, -0.15) is 0 Å². The first-order valence-electron chi connectivity index (χ1n) is 6.71. The summed E-state index contributed by atoms with van der Waals surface area (Å²) in [5.41, 5.74) is 3.19. The van der Waals surface area contributed by atoms with Crippen LogP contribution in [-0.4, -0.2) is 18.0 Å². The summed E-state index contributed by atoms with van der Waals surface area (Å²) in [7, 11) is 1.59. The molecule has 1 aromatic heterocycles. The number of para-hydroxylation sites is 1. The van der Waals surface area contributed by atoms with E-state index in [9.17, 15) is 4.79 Å². The molecule has 0 atom stereocenters. The highest BCUT2D eigenvalue weighted by atomic mass is 16.5. The third-order valence-corrected chi connectivity index (χ3v) is 3.44. The number of anilines is 1. The molecule has 1 heterocycles. The van der Waals surface area contributed by atoms with Crippen molar-refractivity contribution < 1.29 is 9.53 Å². The van der Waals surface area contributed by atoms with Crippen LogP contribution in [0.3, 0.4) is 0 Å². The Balaban J connectivity index is 1.95. The van der Waals surface area contributed by atoms with Gasteiger partial charge in [-0.05, 0) is 36.8 Å². The smallest absolute Gasteiger partial charge is 0.257 e. The van der Waals surface area contributed by atoms with Crippen LogP contribution in [0.1, 0.15) is 15.9 Å². The Labute approximate surface area is 122 Å². The van der Waals surface area contributed by atoms with E-state index in [2.05, 4.69) is 10.3 Å². The van der Waals surface area contributed by atoms with Gasteiger partial charge in [0.05, 0.1) is 23.9 Å². The Morgan fingerprint density at radius 3 is 2.86 bits per heavy atom. The maximum absolute atomic E-state index is 12.5. The number of methoxy groups -OCH3 is 1. The summed E-state index contributed by atoms with van der Waals surface area (Å²) in [6.07, 6.45) is 1.83. The number of aromatic amines is 1. The van der Waals surface area contributed by atoms with E-state index in [0.29, 0.717) is 17.0 Å². The molecule has 2 N–H and O–H groups in total. The van der Waals surface area contributed by atoms with Crippen molar-refractivity contribution in [2.24, 2.45) is 0 Å². The summed E-state index contributed by atoms with van der Waals surface area (Å²) in [6.45, 7) is 1.98. The highest BCUT2D eigenvalue weighted by Gasteiger charge is 2.13. The Morgan fingerprint density at radius 2 is 2.05 bits per heavy atom. The predicted octanol–water partition coefficient (Wildman–Crippen LogP) is 3.74. The number of amides is 1.